The number of carbonyl (C=O) groups excluding carboxylic acids is 1. The van der Waals surface area contributed by atoms with Gasteiger partial charge in [0.15, 0.2) is 0 Å². The first-order valence-electron chi connectivity index (χ1n) is 11.3. The number of ether oxygens (including phenoxy) is 1. The van der Waals surface area contributed by atoms with E-state index in [9.17, 15) is 4.79 Å². The Morgan fingerprint density at radius 2 is 1.78 bits per heavy atom. The van der Waals surface area contributed by atoms with E-state index in [1.165, 1.54) is 5.56 Å². The van der Waals surface area contributed by atoms with Crippen LogP contribution in [-0.2, 0) is 6.54 Å². The highest BCUT2D eigenvalue weighted by Gasteiger charge is 2.30. The summed E-state index contributed by atoms with van der Waals surface area (Å²) in [7, 11) is 1.69. The van der Waals surface area contributed by atoms with E-state index in [0.29, 0.717) is 5.92 Å². The van der Waals surface area contributed by atoms with Gasteiger partial charge in [0, 0.05) is 18.3 Å². The SMILES string of the molecule is COc1ccc(CN2CCC([C@@H](NC(=O)c3ccccc3C)c3ccccn3)CC2)cc1. The summed E-state index contributed by atoms with van der Waals surface area (Å²) >= 11 is 0. The summed E-state index contributed by atoms with van der Waals surface area (Å²) in [5.41, 5.74) is 3.94. The second kappa shape index (κ2) is 10.4. The lowest BCUT2D eigenvalue weighted by Gasteiger charge is -2.36. The number of hydrogen-bond donors (Lipinski definition) is 1. The van der Waals surface area contributed by atoms with E-state index >= 15 is 0 Å². The fourth-order valence-electron chi connectivity index (χ4n) is 4.47. The highest BCUT2D eigenvalue weighted by Crippen LogP contribution is 2.31. The molecule has 1 N–H and O–H groups in total. The van der Waals surface area contributed by atoms with Crippen molar-refractivity contribution in [3.05, 3.63) is 95.3 Å². The Bertz CT molecular complexity index is 1010. The molecule has 5 heteroatoms. The third-order valence-electron chi connectivity index (χ3n) is 6.35. The Kier molecular flexibility index (Phi) is 7.17. The molecule has 0 saturated carbocycles. The van der Waals surface area contributed by atoms with Gasteiger partial charge in [-0.05, 0) is 80.2 Å². The molecule has 166 valence electrons. The molecule has 0 aliphatic carbocycles. The topological polar surface area (TPSA) is 54.5 Å². The smallest absolute Gasteiger partial charge is 0.252 e. The maximum Gasteiger partial charge on any atom is 0.252 e. The van der Waals surface area contributed by atoms with Crippen LogP contribution < -0.4 is 10.1 Å². The van der Waals surface area contributed by atoms with Crippen LogP contribution in [0.5, 0.6) is 5.75 Å². The van der Waals surface area contributed by atoms with Crippen LogP contribution in [0.2, 0.25) is 0 Å². The van der Waals surface area contributed by atoms with Crippen molar-refractivity contribution >= 4 is 5.91 Å². The average molecular weight is 430 g/mol. The van der Waals surface area contributed by atoms with E-state index in [1.54, 1.807) is 13.3 Å². The summed E-state index contributed by atoms with van der Waals surface area (Å²) in [4.78, 5) is 20.2. The van der Waals surface area contributed by atoms with Gasteiger partial charge in [0.25, 0.3) is 5.91 Å². The predicted molar refractivity (Wildman–Crippen MR) is 127 cm³/mol. The Balaban J connectivity index is 1.43. The van der Waals surface area contributed by atoms with Gasteiger partial charge in [-0.2, -0.15) is 0 Å². The van der Waals surface area contributed by atoms with Crippen molar-refractivity contribution in [2.75, 3.05) is 20.2 Å². The van der Waals surface area contributed by atoms with Crippen molar-refractivity contribution in [1.82, 2.24) is 15.2 Å². The molecule has 1 aliphatic heterocycles. The third kappa shape index (κ3) is 5.35. The van der Waals surface area contributed by atoms with Gasteiger partial charge in [-0.1, -0.05) is 36.4 Å². The van der Waals surface area contributed by atoms with Gasteiger partial charge in [0.05, 0.1) is 18.8 Å². The van der Waals surface area contributed by atoms with Crippen molar-refractivity contribution in [1.29, 1.82) is 0 Å². The Hall–Kier alpha value is -3.18. The number of carbonyl (C=O) groups is 1. The number of amides is 1. The highest BCUT2D eigenvalue weighted by atomic mass is 16.5. The number of pyridine rings is 1. The van der Waals surface area contributed by atoms with Crippen LogP contribution in [0, 0.1) is 12.8 Å². The van der Waals surface area contributed by atoms with Crippen LogP contribution in [0.1, 0.15) is 46.1 Å². The molecule has 3 aromatic rings. The third-order valence-corrected chi connectivity index (χ3v) is 6.35. The summed E-state index contributed by atoms with van der Waals surface area (Å²) in [6.07, 6.45) is 3.85. The van der Waals surface area contributed by atoms with E-state index in [0.717, 1.165) is 55.0 Å². The van der Waals surface area contributed by atoms with Crippen molar-refractivity contribution in [3.8, 4) is 5.75 Å². The average Bonchev–Trinajstić information content (AvgIpc) is 2.84. The van der Waals surface area contributed by atoms with Crippen molar-refractivity contribution < 1.29 is 9.53 Å². The molecule has 1 atom stereocenters. The molecule has 5 nitrogen and oxygen atoms in total. The Morgan fingerprint density at radius 3 is 2.44 bits per heavy atom. The van der Waals surface area contributed by atoms with E-state index < -0.39 is 0 Å². The summed E-state index contributed by atoms with van der Waals surface area (Å²) in [5.74, 6) is 1.21. The summed E-state index contributed by atoms with van der Waals surface area (Å²) in [5, 5.41) is 3.30. The predicted octanol–water partition coefficient (Wildman–Crippen LogP) is 4.78. The minimum atomic E-state index is -0.0913. The number of nitrogens with zero attached hydrogens (tertiary/aromatic N) is 2. The zero-order valence-electron chi connectivity index (χ0n) is 18.8. The molecule has 4 rings (SSSR count). The molecular formula is C27H31N3O2. The second-order valence-corrected chi connectivity index (χ2v) is 8.48. The molecule has 0 bridgehead atoms. The number of piperidine rings is 1. The van der Waals surface area contributed by atoms with Gasteiger partial charge in [0.2, 0.25) is 0 Å². The van der Waals surface area contributed by atoms with Crippen LogP contribution >= 0.6 is 0 Å². The lowest BCUT2D eigenvalue weighted by atomic mass is 9.86. The first-order valence-corrected chi connectivity index (χ1v) is 11.3. The minimum Gasteiger partial charge on any atom is -0.497 e. The van der Waals surface area contributed by atoms with E-state index in [4.69, 9.17) is 4.74 Å². The highest BCUT2D eigenvalue weighted by molar-refractivity contribution is 5.95. The van der Waals surface area contributed by atoms with Gasteiger partial charge >= 0.3 is 0 Å². The number of hydrogen-bond acceptors (Lipinski definition) is 4. The van der Waals surface area contributed by atoms with E-state index in [1.807, 2.05) is 61.5 Å². The quantitative estimate of drug-likeness (QED) is 0.587. The molecule has 1 aliphatic rings. The van der Waals surface area contributed by atoms with E-state index in [2.05, 4.69) is 27.3 Å². The lowest BCUT2D eigenvalue weighted by Crippen LogP contribution is -2.41. The number of aryl methyl sites for hydroxylation is 1. The van der Waals surface area contributed by atoms with Gasteiger partial charge < -0.3 is 10.1 Å². The summed E-state index contributed by atoms with van der Waals surface area (Å²) < 4.78 is 5.26. The molecule has 2 heterocycles. The van der Waals surface area contributed by atoms with Crippen molar-refractivity contribution in [2.24, 2.45) is 5.92 Å². The molecule has 1 saturated heterocycles. The van der Waals surface area contributed by atoms with Gasteiger partial charge in [-0.15, -0.1) is 0 Å². The number of likely N-dealkylation sites (tertiary alicyclic amines) is 1. The van der Waals surface area contributed by atoms with Gasteiger partial charge in [-0.25, -0.2) is 0 Å². The molecule has 0 spiro atoms. The van der Waals surface area contributed by atoms with Crippen LogP contribution in [0.3, 0.4) is 0 Å². The minimum absolute atomic E-state index is 0.0283. The van der Waals surface area contributed by atoms with Crippen LogP contribution in [0.4, 0.5) is 0 Å². The Labute approximate surface area is 190 Å². The number of aromatic nitrogens is 1. The first kappa shape index (κ1) is 22.0. The van der Waals surface area contributed by atoms with Crippen molar-refractivity contribution in [2.45, 2.75) is 32.4 Å². The number of benzene rings is 2. The van der Waals surface area contributed by atoms with Crippen LogP contribution in [-0.4, -0.2) is 36.0 Å². The van der Waals surface area contributed by atoms with Gasteiger partial charge in [0.1, 0.15) is 5.75 Å². The standard InChI is InChI=1S/C27H31N3O2/c1-20-7-3-4-8-24(20)27(31)29-26(25-9-5-6-16-28-25)22-14-17-30(18-15-22)19-21-10-12-23(32-2)13-11-21/h3-13,16,22,26H,14-15,17-19H2,1-2H3,(H,29,31)/t26-/m1/s1. The van der Waals surface area contributed by atoms with Crippen LogP contribution in [0.25, 0.3) is 0 Å². The van der Waals surface area contributed by atoms with Crippen LogP contribution in [0.15, 0.2) is 72.9 Å². The molecule has 0 unspecified atom stereocenters. The maximum absolute atomic E-state index is 13.1. The fraction of sp³-hybridized carbons (Fsp3) is 0.333. The first-order chi connectivity index (χ1) is 15.6. The molecule has 32 heavy (non-hydrogen) atoms. The summed E-state index contributed by atoms with van der Waals surface area (Å²) in [6, 6.07) is 21.9. The zero-order valence-corrected chi connectivity index (χ0v) is 18.8. The number of rotatable bonds is 7. The molecule has 1 amide bonds. The zero-order chi connectivity index (χ0) is 22.3. The van der Waals surface area contributed by atoms with Gasteiger partial charge in [-0.3, -0.25) is 14.7 Å². The Morgan fingerprint density at radius 1 is 1.06 bits per heavy atom. The molecule has 1 aromatic heterocycles. The normalized spacial score (nSPS) is 15.8. The van der Waals surface area contributed by atoms with Crippen molar-refractivity contribution in [3.63, 3.8) is 0 Å². The second-order valence-electron chi connectivity index (χ2n) is 8.48. The molecular weight excluding hydrogens is 398 g/mol. The largest absolute Gasteiger partial charge is 0.497 e. The number of methoxy groups -OCH3 is 1. The fourth-order valence-corrected chi connectivity index (χ4v) is 4.47. The summed E-state index contributed by atoms with van der Waals surface area (Å²) in [6.45, 7) is 4.91. The van der Waals surface area contributed by atoms with E-state index in [-0.39, 0.29) is 11.9 Å². The molecule has 1 fully saturated rings. The monoisotopic (exact) mass is 429 g/mol. The lowest BCUT2D eigenvalue weighted by molar-refractivity contribution is 0.0887. The maximum atomic E-state index is 13.1. The molecule has 0 radical (unpaired) electrons. The number of nitrogens with one attached hydrogen (secondary N) is 1. The molecule has 2 aromatic carbocycles.